The van der Waals surface area contributed by atoms with Crippen LogP contribution in [0.3, 0.4) is 0 Å². The number of aryl methyl sites for hydroxylation is 1. The van der Waals surface area contributed by atoms with E-state index in [1.165, 1.54) is 16.0 Å². The Labute approximate surface area is 137 Å². The molecule has 0 bridgehead atoms. The van der Waals surface area contributed by atoms with Crippen LogP contribution in [0.15, 0.2) is 53.4 Å². The maximum Gasteiger partial charge on any atom is 0.0438 e. The molecule has 2 rings (SSSR count). The fourth-order valence-electron chi connectivity index (χ4n) is 2.46. The minimum absolute atomic E-state index is 0.319. The van der Waals surface area contributed by atoms with Gasteiger partial charge in [-0.15, -0.1) is 11.8 Å². The van der Waals surface area contributed by atoms with E-state index in [2.05, 4.69) is 49.5 Å². The Hall–Kier alpha value is -0.960. The summed E-state index contributed by atoms with van der Waals surface area (Å²) in [6.07, 6.45) is 1.08. The van der Waals surface area contributed by atoms with Crippen molar-refractivity contribution < 1.29 is 0 Å². The normalized spacial score (nSPS) is 13.9. The summed E-state index contributed by atoms with van der Waals surface area (Å²) in [4.78, 5) is 1.21. The molecule has 0 aliphatic heterocycles. The third-order valence-electron chi connectivity index (χ3n) is 3.65. The molecule has 1 N–H and O–H groups in total. The zero-order valence-electron chi connectivity index (χ0n) is 12.8. The lowest BCUT2D eigenvalue weighted by Crippen LogP contribution is -2.25. The number of hydrogen-bond acceptors (Lipinski definition) is 2. The molecule has 0 aromatic heterocycles. The number of halogens is 1. The van der Waals surface area contributed by atoms with Gasteiger partial charge in [0.05, 0.1) is 0 Å². The minimum atomic E-state index is 0.319. The van der Waals surface area contributed by atoms with Crippen LogP contribution < -0.4 is 5.32 Å². The van der Waals surface area contributed by atoms with E-state index in [1.54, 1.807) is 0 Å². The van der Waals surface area contributed by atoms with Gasteiger partial charge in [0.25, 0.3) is 0 Å². The molecule has 112 valence electrons. The van der Waals surface area contributed by atoms with Crippen LogP contribution in [0.5, 0.6) is 0 Å². The number of benzene rings is 2. The maximum atomic E-state index is 6.06. The highest BCUT2D eigenvalue weighted by Crippen LogP contribution is 2.33. The number of rotatable bonds is 6. The summed E-state index contributed by atoms with van der Waals surface area (Å²) in [6, 6.07) is 17.3. The summed E-state index contributed by atoms with van der Waals surface area (Å²) >= 11 is 7.91. The third-order valence-corrected chi connectivity index (χ3v) is 5.05. The first-order valence-corrected chi connectivity index (χ1v) is 8.58. The Bertz CT molecular complexity index is 568. The lowest BCUT2D eigenvalue weighted by Gasteiger charge is -2.24. The first-order valence-electron chi connectivity index (χ1n) is 7.32. The molecule has 0 saturated heterocycles. The highest BCUT2D eigenvalue weighted by Gasteiger charge is 2.18. The van der Waals surface area contributed by atoms with Crippen molar-refractivity contribution in [1.29, 1.82) is 0 Å². The second-order valence-corrected chi connectivity index (χ2v) is 7.03. The quantitative estimate of drug-likeness (QED) is 0.721. The van der Waals surface area contributed by atoms with Crippen LogP contribution in [0, 0.1) is 0 Å². The Morgan fingerprint density at radius 2 is 1.86 bits per heavy atom. The Kier molecular flexibility index (Phi) is 6.16. The summed E-state index contributed by atoms with van der Waals surface area (Å²) in [5.74, 6) is 0. The zero-order valence-corrected chi connectivity index (χ0v) is 14.3. The van der Waals surface area contributed by atoms with Crippen LogP contribution in [-0.2, 0) is 6.42 Å². The predicted octanol–water partition coefficient (Wildman–Crippen LogP) is 5.34. The van der Waals surface area contributed by atoms with E-state index in [-0.39, 0.29) is 0 Å². The van der Waals surface area contributed by atoms with Crippen LogP contribution >= 0.6 is 23.4 Å². The van der Waals surface area contributed by atoms with Crippen LogP contribution in [-0.4, -0.2) is 12.3 Å². The van der Waals surface area contributed by atoms with Crippen molar-refractivity contribution in [2.45, 2.75) is 36.5 Å². The number of hydrogen-bond donors (Lipinski definition) is 1. The molecule has 0 amide bonds. The van der Waals surface area contributed by atoms with E-state index in [1.807, 2.05) is 37.0 Å². The van der Waals surface area contributed by atoms with E-state index < -0.39 is 0 Å². The van der Waals surface area contributed by atoms with Crippen molar-refractivity contribution >= 4 is 23.4 Å². The minimum Gasteiger partial charge on any atom is -0.312 e. The van der Waals surface area contributed by atoms with Crippen molar-refractivity contribution in [2.75, 3.05) is 7.05 Å². The molecule has 2 aromatic rings. The van der Waals surface area contributed by atoms with Gasteiger partial charge in [-0.1, -0.05) is 55.8 Å². The topological polar surface area (TPSA) is 12.0 Å². The van der Waals surface area contributed by atoms with Crippen molar-refractivity contribution in [1.82, 2.24) is 5.32 Å². The van der Waals surface area contributed by atoms with E-state index in [4.69, 9.17) is 11.6 Å². The van der Waals surface area contributed by atoms with Gasteiger partial charge in [-0.05, 0) is 42.8 Å². The number of thioether (sulfide) groups is 1. The lowest BCUT2D eigenvalue weighted by atomic mass is 10.0. The Morgan fingerprint density at radius 1 is 1.14 bits per heavy atom. The van der Waals surface area contributed by atoms with Crippen molar-refractivity contribution in [2.24, 2.45) is 0 Å². The van der Waals surface area contributed by atoms with Crippen LogP contribution in [0.1, 0.15) is 31.0 Å². The highest BCUT2D eigenvalue weighted by molar-refractivity contribution is 8.00. The van der Waals surface area contributed by atoms with Crippen molar-refractivity contribution in [3.05, 3.63) is 64.7 Å². The average molecular weight is 320 g/mol. The van der Waals surface area contributed by atoms with E-state index in [9.17, 15) is 0 Å². The van der Waals surface area contributed by atoms with Gasteiger partial charge in [-0.25, -0.2) is 0 Å². The first-order chi connectivity index (χ1) is 10.1. The van der Waals surface area contributed by atoms with Gasteiger partial charge in [0, 0.05) is 21.2 Å². The molecule has 1 nitrogen and oxygen atoms in total. The molecule has 0 saturated carbocycles. The summed E-state index contributed by atoms with van der Waals surface area (Å²) in [7, 11) is 2.02. The smallest absolute Gasteiger partial charge is 0.0438 e. The monoisotopic (exact) mass is 319 g/mol. The SMILES string of the molecule is CCc1ccc(C(NC)C(C)Sc2cccc(Cl)c2)cc1. The van der Waals surface area contributed by atoms with E-state index >= 15 is 0 Å². The molecule has 2 atom stereocenters. The molecule has 0 fully saturated rings. The second-order valence-electron chi connectivity index (χ2n) is 5.14. The Balaban J connectivity index is 2.12. The molecular weight excluding hydrogens is 298 g/mol. The van der Waals surface area contributed by atoms with Gasteiger partial charge in [0.15, 0.2) is 0 Å². The second kappa shape index (κ2) is 7.88. The first kappa shape index (κ1) is 16.4. The van der Waals surface area contributed by atoms with Crippen LogP contribution in [0.2, 0.25) is 5.02 Å². The van der Waals surface area contributed by atoms with E-state index in [0.717, 1.165) is 11.4 Å². The average Bonchev–Trinajstić information content (AvgIpc) is 2.48. The molecule has 2 aromatic carbocycles. The molecule has 3 heteroatoms. The molecular formula is C18H22ClNS. The lowest BCUT2D eigenvalue weighted by molar-refractivity contribution is 0.589. The predicted molar refractivity (Wildman–Crippen MR) is 94.4 cm³/mol. The molecule has 2 unspecified atom stereocenters. The fourth-order valence-corrected chi connectivity index (χ4v) is 3.92. The van der Waals surface area contributed by atoms with Gasteiger partial charge >= 0.3 is 0 Å². The fraction of sp³-hybridized carbons (Fsp3) is 0.333. The third kappa shape index (κ3) is 4.50. The van der Waals surface area contributed by atoms with Crippen LogP contribution in [0.4, 0.5) is 0 Å². The van der Waals surface area contributed by atoms with Gasteiger partial charge in [0.1, 0.15) is 0 Å². The standard InChI is InChI=1S/C18H22ClNS/c1-4-14-8-10-15(11-9-14)18(20-3)13(2)21-17-7-5-6-16(19)12-17/h5-13,18,20H,4H2,1-3H3. The van der Waals surface area contributed by atoms with Gasteiger partial charge in [-0.3, -0.25) is 0 Å². The summed E-state index contributed by atoms with van der Waals surface area (Å²) in [5.41, 5.74) is 2.71. The van der Waals surface area contributed by atoms with E-state index in [0.29, 0.717) is 11.3 Å². The van der Waals surface area contributed by atoms with Crippen molar-refractivity contribution in [3.63, 3.8) is 0 Å². The maximum absolute atomic E-state index is 6.06. The molecule has 0 spiro atoms. The number of nitrogens with one attached hydrogen (secondary N) is 1. The molecule has 0 radical (unpaired) electrons. The highest BCUT2D eigenvalue weighted by atomic mass is 35.5. The van der Waals surface area contributed by atoms with Gasteiger partial charge < -0.3 is 5.32 Å². The summed E-state index contributed by atoms with van der Waals surface area (Å²) in [5, 5.41) is 4.65. The molecule has 21 heavy (non-hydrogen) atoms. The molecule has 0 aliphatic carbocycles. The Morgan fingerprint density at radius 3 is 2.43 bits per heavy atom. The molecule has 0 heterocycles. The summed E-state index contributed by atoms with van der Waals surface area (Å²) < 4.78 is 0. The van der Waals surface area contributed by atoms with Crippen molar-refractivity contribution in [3.8, 4) is 0 Å². The van der Waals surface area contributed by atoms with Gasteiger partial charge in [0.2, 0.25) is 0 Å². The van der Waals surface area contributed by atoms with Crippen LogP contribution in [0.25, 0.3) is 0 Å². The largest absolute Gasteiger partial charge is 0.312 e. The summed E-state index contributed by atoms with van der Waals surface area (Å²) in [6.45, 7) is 4.43. The molecule has 0 aliphatic rings. The zero-order chi connectivity index (χ0) is 15.2. The van der Waals surface area contributed by atoms with Gasteiger partial charge in [-0.2, -0.15) is 0 Å².